The van der Waals surface area contributed by atoms with Crippen LogP contribution in [-0.4, -0.2) is 25.2 Å². The molecule has 25 heavy (non-hydrogen) atoms. The monoisotopic (exact) mass is 355 g/mol. The van der Waals surface area contributed by atoms with E-state index in [2.05, 4.69) is 4.98 Å². The van der Waals surface area contributed by atoms with E-state index in [0.717, 1.165) is 16.3 Å². The third-order valence-corrected chi connectivity index (χ3v) is 4.51. The number of aromatic nitrogens is 1. The quantitative estimate of drug-likeness (QED) is 0.621. The van der Waals surface area contributed by atoms with E-state index >= 15 is 0 Å². The fourth-order valence-electron chi connectivity index (χ4n) is 2.27. The summed E-state index contributed by atoms with van der Waals surface area (Å²) >= 11 is 1.50. The minimum absolute atomic E-state index is 0.115. The van der Waals surface area contributed by atoms with E-state index in [1.54, 1.807) is 31.4 Å². The van der Waals surface area contributed by atoms with Crippen molar-refractivity contribution in [1.82, 2.24) is 4.98 Å². The molecular formula is C19H17NO4S. The highest BCUT2D eigenvalue weighted by Gasteiger charge is 2.14. The molecule has 0 bridgehead atoms. The minimum Gasteiger partial charge on any atom is -0.497 e. The van der Waals surface area contributed by atoms with Crippen LogP contribution in [0.5, 0.6) is 11.5 Å². The van der Waals surface area contributed by atoms with Gasteiger partial charge in [0.1, 0.15) is 28.7 Å². The summed E-state index contributed by atoms with van der Waals surface area (Å²) in [6, 6.07) is 14.6. The van der Waals surface area contributed by atoms with Gasteiger partial charge in [-0.1, -0.05) is 12.1 Å². The SMILES string of the molecule is COc1ccc(-c2nc(COC(=O)c3ccccc3OC)cs2)cc1. The molecule has 1 aromatic heterocycles. The number of carbonyl (C=O) groups excluding carboxylic acids is 1. The maximum atomic E-state index is 12.2. The Labute approximate surface area is 149 Å². The van der Waals surface area contributed by atoms with Gasteiger partial charge in [-0.25, -0.2) is 9.78 Å². The molecule has 5 nitrogen and oxygen atoms in total. The number of benzene rings is 2. The lowest BCUT2D eigenvalue weighted by Gasteiger charge is -2.07. The number of thiazole rings is 1. The van der Waals surface area contributed by atoms with Crippen LogP contribution >= 0.6 is 11.3 Å². The predicted molar refractivity (Wildman–Crippen MR) is 96.2 cm³/mol. The Balaban J connectivity index is 1.66. The summed E-state index contributed by atoms with van der Waals surface area (Å²) in [5, 5.41) is 2.75. The van der Waals surface area contributed by atoms with Crippen LogP contribution in [0.25, 0.3) is 10.6 Å². The number of hydrogen-bond acceptors (Lipinski definition) is 6. The Kier molecular flexibility index (Phi) is 5.30. The largest absolute Gasteiger partial charge is 0.497 e. The van der Waals surface area contributed by atoms with Gasteiger partial charge >= 0.3 is 5.97 Å². The molecule has 3 rings (SSSR count). The first kappa shape index (κ1) is 17.0. The van der Waals surface area contributed by atoms with Crippen molar-refractivity contribution in [3.8, 4) is 22.1 Å². The first-order chi connectivity index (χ1) is 12.2. The van der Waals surface area contributed by atoms with Gasteiger partial charge in [0.05, 0.1) is 19.9 Å². The van der Waals surface area contributed by atoms with Crippen LogP contribution in [0, 0.1) is 0 Å². The molecule has 0 radical (unpaired) electrons. The second-order valence-electron chi connectivity index (χ2n) is 5.15. The molecule has 0 aliphatic rings. The van der Waals surface area contributed by atoms with Gasteiger partial charge in [-0.2, -0.15) is 0 Å². The molecule has 0 fully saturated rings. The zero-order valence-electron chi connectivity index (χ0n) is 13.9. The molecule has 0 atom stereocenters. The highest BCUT2D eigenvalue weighted by atomic mass is 32.1. The number of carbonyl (C=O) groups is 1. The average Bonchev–Trinajstić information content (AvgIpc) is 3.15. The fraction of sp³-hybridized carbons (Fsp3) is 0.158. The summed E-state index contributed by atoms with van der Waals surface area (Å²) < 4.78 is 15.7. The highest BCUT2D eigenvalue weighted by molar-refractivity contribution is 7.13. The second-order valence-corrected chi connectivity index (χ2v) is 6.01. The molecule has 0 spiro atoms. The maximum absolute atomic E-state index is 12.2. The average molecular weight is 355 g/mol. The van der Waals surface area contributed by atoms with Crippen LogP contribution in [0.15, 0.2) is 53.9 Å². The van der Waals surface area contributed by atoms with Crippen molar-refractivity contribution in [2.75, 3.05) is 14.2 Å². The first-order valence-corrected chi connectivity index (χ1v) is 8.48. The van der Waals surface area contributed by atoms with Gasteiger partial charge in [0.25, 0.3) is 0 Å². The van der Waals surface area contributed by atoms with Crippen molar-refractivity contribution in [2.45, 2.75) is 6.61 Å². The molecule has 1 heterocycles. The molecule has 0 saturated heterocycles. The van der Waals surface area contributed by atoms with E-state index in [4.69, 9.17) is 14.2 Å². The van der Waals surface area contributed by atoms with Crippen LogP contribution in [0.1, 0.15) is 16.1 Å². The molecule has 0 N–H and O–H groups in total. The van der Waals surface area contributed by atoms with Gasteiger partial charge in [0.15, 0.2) is 0 Å². The zero-order chi connectivity index (χ0) is 17.6. The fourth-order valence-corrected chi connectivity index (χ4v) is 3.08. The van der Waals surface area contributed by atoms with Gasteiger partial charge in [-0.15, -0.1) is 11.3 Å². The lowest BCUT2D eigenvalue weighted by molar-refractivity contribution is 0.0465. The van der Waals surface area contributed by atoms with Crippen LogP contribution in [0.2, 0.25) is 0 Å². The smallest absolute Gasteiger partial charge is 0.342 e. The Morgan fingerprint density at radius 3 is 2.52 bits per heavy atom. The summed E-state index contributed by atoms with van der Waals surface area (Å²) in [7, 11) is 3.15. The van der Waals surface area contributed by atoms with Crippen molar-refractivity contribution in [1.29, 1.82) is 0 Å². The molecule has 0 aliphatic carbocycles. The number of methoxy groups -OCH3 is 2. The number of para-hydroxylation sites is 1. The molecule has 0 aliphatic heterocycles. The van der Waals surface area contributed by atoms with Crippen molar-refractivity contribution in [2.24, 2.45) is 0 Å². The summed E-state index contributed by atoms with van der Waals surface area (Å²) in [5.74, 6) is 0.854. The lowest BCUT2D eigenvalue weighted by Crippen LogP contribution is -2.07. The molecule has 0 amide bonds. The third-order valence-electron chi connectivity index (χ3n) is 3.57. The summed E-state index contributed by atoms with van der Waals surface area (Å²) in [6.07, 6.45) is 0. The van der Waals surface area contributed by atoms with E-state index in [1.807, 2.05) is 29.6 Å². The number of ether oxygens (including phenoxy) is 3. The second kappa shape index (κ2) is 7.81. The van der Waals surface area contributed by atoms with Gasteiger partial charge in [0, 0.05) is 10.9 Å². The third kappa shape index (κ3) is 3.97. The van der Waals surface area contributed by atoms with Gasteiger partial charge < -0.3 is 14.2 Å². The molecule has 0 saturated carbocycles. The van der Waals surface area contributed by atoms with E-state index < -0.39 is 5.97 Å². The van der Waals surface area contributed by atoms with E-state index in [9.17, 15) is 4.79 Å². The Morgan fingerprint density at radius 1 is 1.04 bits per heavy atom. The molecular weight excluding hydrogens is 338 g/mol. The summed E-state index contributed by atoms with van der Waals surface area (Å²) in [6.45, 7) is 0.115. The summed E-state index contributed by atoms with van der Waals surface area (Å²) in [4.78, 5) is 16.7. The van der Waals surface area contributed by atoms with E-state index in [1.165, 1.54) is 18.4 Å². The molecule has 128 valence electrons. The zero-order valence-corrected chi connectivity index (χ0v) is 14.7. The predicted octanol–water partition coefficient (Wildman–Crippen LogP) is 4.18. The van der Waals surface area contributed by atoms with Crippen LogP contribution in [-0.2, 0) is 11.3 Å². The molecule has 2 aromatic carbocycles. The van der Waals surface area contributed by atoms with Crippen molar-refractivity contribution in [3.05, 3.63) is 65.2 Å². The molecule has 6 heteroatoms. The lowest BCUT2D eigenvalue weighted by atomic mass is 10.2. The normalized spacial score (nSPS) is 10.3. The number of hydrogen-bond donors (Lipinski definition) is 0. The van der Waals surface area contributed by atoms with Crippen molar-refractivity contribution >= 4 is 17.3 Å². The number of esters is 1. The minimum atomic E-state index is -0.434. The molecule has 3 aromatic rings. The van der Waals surface area contributed by atoms with Crippen LogP contribution in [0.3, 0.4) is 0 Å². The highest BCUT2D eigenvalue weighted by Crippen LogP contribution is 2.26. The first-order valence-electron chi connectivity index (χ1n) is 7.60. The van der Waals surface area contributed by atoms with Crippen LogP contribution < -0.4 is 9.47 Å². The Morgan fingerprint density at radius 2 is 1.80 bits per heavy atom. The van der Waals surface area contributed by atoms with Gasteiger partial charge in [-0.3, -0.25) is 0 Å². The van der Waals surface area contributed by atoms with Crippen LogP contribution in [0.4, 0.5) is 0 Å². The van der Waals surface area contributed by atoms with Crippen molar-refractivity contribution in [3.63, 3.8) is 0 Å². The Bertz CT molecular complexity index is 858. The summed E-state index contributed by atoms with van der Waals surface area (Å²) in [5.41, 5.74) is 2.10. The van der Waals surface area contributed by atoms with E-state index in [0.29, 0.717) is 17.0 Å². The van der Waals surface area contributed by atoms with E-state index in [-0.39, 0.29) is 6.61 Å². The standard InChI is InChI=1S/C19H17NO4S/c1-22-15-9-7-13(8-10-15)18-20-14(12-25-18)11-24-19(21)16-5-3-4-6-17(16)23-2/h3-10,12H,11H2,1-2H3. The number of nitrogens with zero attached hydrogens (tertiary/aromatic N) is 1. The molecule has 0 unspecified atom stereocenters. The van der Waals surface area contributed by atoms with Crippen molar-refractivity contribution < 1.29 is 19.0 Å². The van der Waals surface area contributed by atoms with Gasteiger partial charge in [-0.05, 0) is 36.4 Å². The Hall–Kier alpha value is -2.86. The number of rotatable bonds is 6. The van der Waals surface area contributed by atoms with Gasteiger partial charge in [0.2, 0.25) is 0 Å². The maximum Gasteiger partial charge on any atom is 0.342 e. The topological polar surface area (TPSA) is 57.7 Å².